The van der Waals surface area contributed by atoms with Crippen LogP contribution in [0, 0.1) is 13.8 Å². The summed E-state index contributed by atoms with van der Waals surface area (Å²) in [5.74, 6) is 1.25. The fraction of sp³-hybridized carbons (Fsp3) is 0.143. The summed E-state index contributed by atoms with van der Waals surface area (Å²) in [6.45, 7) is 6.15. The zero-order valence-corrected chi connectivity index (χ0v) is 27.8. The second kappa shape index (κ2) is 13.6. The SMILES string of the molecule is CCc1nc(C)c(C)c(OCc2ccc(-c3ccccc3-c3nnnn3C(c3ccccc3)(c3ccccc3)c3ccccc3)cc2)c1O. The van der Waals surface area contributed by atoms with Crippen LogP contribution in [-0.2, 0) is 18.6 Å². The standard InChI is InChI=1S/C42H37N5O2/c1-4-38-39(48)40(29(2)30(3)43-38)49-28-31-24-26-32(27-25-31)36-22-14-15-23-37(36)41-44-45-46-47(41)42(33-16-8-5-9-17-33,34-18-10-6-11-19-34)35-20-12-7-13-21-35/h5-27,48H,4,28H2,1-3H3. The Kier molecular flexibility index (Phi) is 8.73. The molecule has 0 saturated heterocycles. The number of nitrogens with zero attached hydrogens (tertiary/aromatic N) is 5. The molecule has 0 bridgehead atoms. The minimum Gasteiger partial charge on any atom is -0.503 e. The molecule has 0 unspecified atom stereocenters. The largest absolute Gasteiger partial charge is 0.503 e. The van der Waals surface area contributed by atoms with Crippen LogP contribution < -0.4 is 4.74 Å². The minimum atomic E-state index is -0.858. The molecule has 49 heavy (non-hydrogen) atoms. The maximum absolute atomic E-state index is 10.8. The average molecular weight is 644 g/mol. The maximum Gasteiger partial charge on any atom is 0.184 e. The fourth-order valence-electron chi connectivity index (χ4n) is 6.59. The number of pyridine rings is 1. The summed E-state index contributed by atoms with van der Waals surface area (Å²) >= 11 is 0. The van der Waals surface area contributed by atoms with Gasteiger partial charge in [0.1, 0.15) is 12.1 Å². The van der Waals surface area contributed by atoms with Crippen molar-refractivity contribution in [3.05, 3.63) is 179 Å². The normalized spacial score (nSPS) is 11.4. The van der Waals surface area contributed by atoms with Crippen molar-refractivity contribution in [1.82, 2.24) is 25.2 Å². The Morgan fingerprint density at radius 3 is 1.76 bits per heavy atom. The molecule has 0 aliphatic carbocycles. The van der Waals surface area contributed by atoms with Crippen molar-refractivity contribution < 1.29 is 9.84 Å². The second-order valence-electron chi connectivity index (χ2n) is 12.1. The molecule has 0 atom stereocenters. The van der Waals surface area contributed by atoms with Crippen molar-refractivity contribution >= 4 is 0 Å². The second-order valence-corrected chi connectivity index (χ2v) is 12.1. The number of aromatic nitrogens is 5. The van der Waals surface area contributed by atoms with E-state index in [9.17, 15) is 5.11 Å². The Balaban J connectivity index is 1.30. The average Bonchev–Trinajstić information content (AvgIpc) is 3.65. The van der Waals surface area contributed by atoms with Gasteiger partial charge in [0.05, 0.1) is 5.69 Å². The monoisotopic (exact) mass is 643 g/mol. The molecule has 0 fully saturated rings. The van der Waals surface area contributed by atoms with Gasteiger partial charge in [0.25, 0.3) is 0 Å². The number of ether oxygens (including phenoxy) is 1. The van der Waals surface area contributed by atoms with E-state index < -0.39 is 5.54 Å². The van der Waals surface area contributed by atoms with Crippen molar-refractivity contribution in [1.29, 1.82) is 0 Å². The Labute approximate surface area is 286 Å². The minimum absolute atomic E-state index is 0.117. The van der Waals surface area contributed by atoms with Gasteiger partial charge in [-0.2, -0.15) is 0 Å². The summed E-state index contributed by atoms with van der Waals surface area (Å²) < 4.78 is 8.13. The summed E-state index contributed by atoms with van der Waals surface area (Å²) in [6, 6.07) is 47.7. The number of rotatable bonds is 10. The topological polar surface area (TPSA) is 86.0 Å². The van der Waals surface area contributed by atoms with Crippen LogP contribution in [0.5, 0.6) is 11.5 Å². The highest BCUT2D eigenvalue weighted by molar-refractivity contribution is 5.81. The first-order valence-electron chi connectivity index (χ1n) is 16.5. The van der Waals surface area contributed by atoms with E-state index in [1.165, 1.54) is 0 Å². The smallest absolute Gasteiger partial charge is 0.184 e. The molecular formula is C42H37N5O2. The van der Waals surface area contributed by atoms with Gasteiger partial charge < -0.3 is 9.84 Å². The lowest BCUT2D eigenvalue weighted by atomic mass is 9.77. The molecule has 7 nitrogen and oxygen atoms in total. The molecule has 0 aliphatic heterocycles. The molecule has 7 aromatic rings. The van der Waals surface area contributed by atoms with Gasteiger partial charge in [-0.15, -0.1) is 5.10 Å². The fourth-order valence-corrected chi connectivity index (χ4v) is 6.59. The van der Waals surface area contributed by atoms with Crippen LogP contribution >= 0.6 is 0 Å². The Bertz CT molecular complexity index is 2080. The van der Waals surface area contributed by atoms with Crippen LogP contribution in [0.2, 0.25) is 0 Å². The number of tetrazole rings is 1. The third-order valence-corrected chi connectivity index (χ3v) is 9.19. The van der Waals surface area contributed by atoms with E-state index in [-0.39, 0.29) is 5.75 Å². The highest BCUT2D eigenvalue weighted by Crippen LogP contribution is 2.43. The van der Waals surface area contributed by atoms with Crippen molar-refractivity contribution in [3.8, 4) is 34.0 Å². The number of benzene rings is 5. The summed E-state index contributed by atoms with van der Waals surface area (Å²) in [7, 11) is 0. The van der Waals surface area contributed by atoms with E-state index in [4.69, 9.17) is 9.95 Å². The van der Waals surface area contributed by atoms with Gasteiger partial charge in [0, 0.05) is 16.8 Å². The van der Waals surface area contributed by atoms with Crippen molar-refractivity contribution in [2.75, 3.05) is 0 Å². The predicted molar refractivity (Wildman–Crippen MR) is 192 cm³/mol. The first kappa shape index (κ1) is 31.5. The van der Waals surface area contributed by atoms with Crippen LogP contribution in [0.4, 0.5) is 0 Å². The third kappa shape index (κ3) is 5.74. The summed E-state index contributed by atoms with van der Waals surface area (Å²) in [4.78, 5) is 4.51. The van der Waals surface area contributed by atoms with Crippen molar-refractivity contribution in [2.24, 2.45) is 0 Å². The molecule has 0 radical (unpaired) electrons. The van der Waals surface area contributed by atoms with E-state index in [1.807, 2.05) is 55.8 Å². The molecule has 2 aromatic heterocycles. The predicted octanol–water partition coefficient (Wildman–Crippen LogP) is 8.71. The lowest BCUT2D eigenvalue weighted by molar-refractivity contribution is 0.284. The van der Waals surface area contributed by atoms with Gasteiger partial charge in [0.15, 0.2) is 17.3 Å². The Morgan fingerprint density at radius 2 is 1.20 bits per heavy atom. The molecule has 0 saturated carbocycles. The molecule has 0 aliphatic rings. The van der Waals surface area contributed by atoms with Gasteiger partial charge in [-0.1, -0.05) is 146 Å². The number of aryl methyl sites for hydroxylation is 2. The van der Waals surface area contributed by atoms with Crippen LogP contribution in [0.3, 0.4) is 0 Å². The van der Waals surface area contributed by atoms with E-state index in [0.29, 0.717) is 30.3 Å². The van der Waals surface area contributed by atoms with Gasteiger partial charge in [-0.25, -0.2) is 4.68 Å². The maximum atomic E-state index is 10.8. The summed E-state index contributed by atoms with van der Waals surface area (Å²) in [5, 5.41) is 24.5. The third-order valence-electron chi connectivity index (χ3n) is 9.19. The van der Waals surface area contributed by atoms with E-state index >= 15 is 0 Å². The van der Waals surface area contributed by atoms with Gasteiger partial charge >= 0.3 is 0 Å². The number of hydrogen-bond acceptors (Lipinski definition) is 6. The molecule has 5 aromatic carbocycles. The first-order valence-corrected chi connectivity index (χ1v) is 16.5. The van der Waals surface area contributed by atoms with Gasteiger partial charge in [0.2, 0.25) is 0 Å². The lowest BCUT2D eigenvalue weighted by Gasteiger charge is -2.36. The Morgan fingerprint density at radius 1 is 0.673 bits per heavy atom. The molecular weight excluding hydrogens is 606 g/mol. The quantitative estimate of drug-likeness (QED) is 0.150. The zero-order valence-electron chi connectivity index (χ0n) is 27.8. The van der Waals surface area contributed by atoms with Crippen LogP contribution in [0.15, 0.2) is 140 Å². The van der Waals surface area contributed by atoms with Gasteiger partial charge in [-0.3, -0.25) is 4.98 Å². The highest BCUT2D eigenvalue weighted by Gasteiger charge is 2.42. The molecule has 2 heterocycles. The highest BCUT2D eigenvalue weighted by atomic mass is 16.5. The molecule has 0 spiro atoms. The zero-order chi connectivity index (χ0) is 33.8. The van der Waals surface area contributed by atoms with Crippen molar-refractivity contribution in [3.63, 3.8) is 0 Å². The lowest BCUT2D eigenvalue weighted by Crippen LogP contribution is -2.39. The molecule has 7 rings (SSSR count). The first-order chi connectivity index (χ1) is 24.0. The molecule has 242 valence electrons. The number of aromatic hydroxyl groups is 1. The van der Waals surface area contributed by atoms with E-state index in [0.717, 1.165) is 50.2 Å². The molecule has 1 N–H and O–H groups in total. The Hall–Kier alpha value is -6.08. The van der Waals surface area contributed by atoms with E-state index in [1.54, 1.807) is 0 Å². The molecule has 7 heteroatoms. The summed E-state index contributed by atoms with van der Waals surface area (Å²) in [6.07, 6.45) is 0.629. The van der Waals surface area contributed by atoms with Crippen molar-refractivity contribution in [2.45, 2.75) is 39.3 Å². The van der Waals surface area contributed by atoms with Crippen LogP contribution in [0.25, 0.3) is 22.5 Å². The van der Waals surface area contributed by atoms with E-state index in [2.05, 4.69) is 124 Å². The molecule has 0 amide bonds. The van der Waals surface area contributed by atoms with Crippen LogP contribution in [0.1, 0.15) is 46.1 Å². The summed E-state index contributed by atoms with van der Waals surface area (Å²) in [5.41, 5.74) is 8.51. The van der Waals surface area contributed by atoms with Crippen LogP contribution in [-0.4, -0.2) is 30.3 Å². The number of hydrogen-bond donors (Lipinski definition) is 1. The van der Waals surface area contributed by atoms with Gasteiger partial charge in [-0.05, 0) is 64.1 Å².